The Kier molecular flexibility index (Phi) is 4.11. The maximum Gasteiger partial charge on any atom is 0.239 e. The van der Waals surface area contributed by atoms with E-state index in [-0.39, 0.29) is 23.6 Å². The molecule has 3 saturated heterocycles. The Morgan fingerprint density at radius 2 is 1.71 bits per heavy atom. The third-order valence-corrected chi connectivity index (χ3v) is 6.48. The number of anilines is 1. The minimum absolute atomic E-state index is 0.0525. The number of ketones is 1. The van der Waals surface area contributed by atoms with Gasteiger partial charge in [-0.25, -0.2) is 4.90 Å². The van der Waals surface area contributed by atoms with Crippen molar-refractivity contribution >= 4 is 34.9 Å². The highest BCUT2D eigenvalue weighted by Crippen LogP contribution is 2.48. The molecule has 142 valence electrons. The average Bonchev–Trinajstić information content (AvgIpc) is 3.34. The van der Waals surface area contributed by atoms with Crippen molar-refractivity contribution in [3.63, 3.8) is 0 Å². The number of benzene rings is 2. The van der Waals surface area contributed by atoms with Crippen LogP contribution >= 0.6 is 11.6 Å². The number of amides is 2. The second-order valence-corrected chi connectivity index (χ2v) is 8.10. The lowest BCUT2D eigenvalue weighted by Gasteiger charge is -2.27. The van der Waals surface area contributed by atoms with Crippen molar-refractivity contribution in [2.24, 2.45) is 11.8 Å². The first kappa shape index (κ1) is 17.6. The Labute approximate surface area is 167 Å². The number of fused-ring (bicyclic) bond motifs is 3. The van der Waals surface area contributed by atoms with Crippen molar-refractivity contribution in [3.05, 3.63) is 65.2 Å². The van der Waals surface area contributed by atoms with Gasteiger partial charge in [-0.15, -0.1) is 0 Å². The number of hydrogen-bond donors (Lipinski definition) is 0. The second kappa shape index (κ2) is 6.54. The molecular weight excluding hydrogens is 376 g/mol. The molecule has 5 nitrogen and oxygen atoms in total. The molecule has 0 bridgehead atoms. The van der Waals surface area contributed by atoms with Gasteiger partial charge in [0, 0.05) is 16.6 Å². The molecule has 3 heterocycles. The summed E-state index contributed by atoms with van der Waals surface area (Å²) in [6.07, 6.45) is 1.77. The number of nitrogens with zero attached hydrogens (tertiary/aromatic N) is 2. The van der Waals surface area contributed by atoms with Crippen LogP contribution in [-0.4, -0.2) is 41.1 Å². The first-order valence-electron chi connectivity index (χ1n) is 9.56. The van der Waals surface area contributed by atoms with Crippen molar-refractivity contribution in [1.82, 2.24) is 4.90 Å². The van der Waals surface area contributed by atoms with E-state index in [1.165, 1.54) is 4.90 Å². The first-order chi connectivity index (χ1) is 13.6. The van der Waals surface area contributed by atoms with Gasteiger partial charge in [0.05, 0.1) is 23.6 Å². The molecule has 2 amide bonds. The number of hydrogen-bond acceptors (Lipinski definition) is 4. The lowest BCUT2D eigenvalue weighted by molar-refractivity contribution is -0.123. The van der Waals surface area contributed by atoms with Gasteiger partial charge in [-0.05, 0) is 37.6 Å². The number of imide groups is 1. The molecule has 0 unspecified atom stereocenters. The van der Waals surface area contributed by atoms with E-state index in [1.807, 2.05) is 18.2 Å². The highest BCUT2D eigenvalue weighted by Gasteiger charge is 2.64. The van der Waals surface area contributed by atoms with Crippen LogP contribution in [0.5, 0.6) is 0 Å². The third-order valence-electron chi connectivity index (χ3n) is 6.25. The summed E-state index contributed by atoms with van der Waals surface area (Å²) in [6.45, 7) is 0.749. The van der Waals surface area contributed by atoms with Crippen molar-refractivity contribution in [3.8, 4) is 0 Å². The second-order valence-electron chi connectivity index (χ2n) is 7.67. The monoisotopic (exact) mass is 394 g/mol. The van der Waals surface area contributed by atoms with Crippen molar-refractivity contribution < 1.29 is 14.4 Å². The maximum atomic E-state index is 13.4. The standard InChI is InChI=1S/C22H19ClN2O3/c23-14-8-4-9-15(12-14)25-21(27)17-16-10-5-11-24(16)19(18(17)22(25)28)20(26)13-6-2-1-3-7-13/h1-4,6-9,12,16-19H,5,10-11H2/t16-,17-,18-,19+/m1/s1. The molecule has 0 aromatic heterocycles. The zero-order valence-electron chi connectivity index (χ0n) is 15.1. The topological polar surface area (TPSA) is 57.7 Å². The van der Waals surface area contributed by atoms with Gasteiger partial charge in [0.2, 0.25) is 11.8 Å². The Hall–Kier alpha value is -2.50. The summed E-state index contributed by atoms with van der Waals surface area (Å²) in [6, 6.07) is 15.2. The minimum Gasteiger partial charge on any atom is -0.292 e. The smallest absolute Gasteiger partial charge is 0.239 e. The number of Topliss-reactive ketones (excluding diaryl/α,β-unsaturated/α-hetero) is 1. The van der Waals surface area contributed by atoms with Crippen LogP contribution in [-0.2, 0) is 9.59 Å². The lowest BCUT2D eigenvalue weighted by atomic mass is 9.85. The minimum atomic E-state index is -0.635. The molecule has 3 aliphatic rings. The quantitative estimate of drug-likeness (QED) is 0.592. The van der Waals surface area contributed by atoms with E-state index >= 15 is 0 Å². The van der Waals surface area contributed by atoms with Gasteiger partial charge in [0.25, 0.3) is 0 Å². The molecule has 3 aliphatic heterocycles. The molecule has 0 aliphatic carbocycles. The molecule has 5 rings (SSSR count). The van der Waals surface area contributed by atoms with E-state index in [0.29, 0.717) is 16.3 Å². The summed E-state index contributed by atoms with van der Waals surface area (Å²) in [5.74, 6) is -1.68. The summed E-state index contributed by atoms with van der Waals surface area (Å²) in [5, 5.41) is 0.467. The van der Waals surface area contributed by atoms with Crippen molar-refractivity contribution in [1.29, 1.82) is 0 Å². The number of halogens is 1. The normalized spacial score (nSPS) is 29.2. The summed E-state index contributed by atoms with van der Waals surface area (Å²) < 4.78 is 0. The van der Waals surface area contributed by atoms with Crippen LogP contribution < -0.4 is 4.90 Å². The van der Waals surface area contributed by atoms with Crippen LogP contribution in [0.4, 0.5) is 5.69 Å². The van der Waals surface area contributed by atoms with Crippen LogP contribution in [0.1, 0.15) is 23.2 Å². The Balaban J connectivity index is 1.56. The van der Waals surface area contributed by atoms with Gasteiger partial charge in [-0.1, -0.05) is 48.0 Å². The molecule has 0 saturated carbocycles. The first-order valence-corrected chi connectivity index (χ1v) is 9.94. The van der Waals surface area contributed by atoms with Crippen LogP contribution in [0.25, 0.3) is 0 Å². The molecular formula is C22H19ClN2O3. The summed E-state index contributed by atoms with van der Waals surface area (Å²) in [4.78, 5) is 43.3. The fourth-order valence-corrected chi connectivity index (χ4v) is 5.34. The van der Waals surface area contributed by atoms with E-state index < -0.39 is 17.9 Å². The van der Waals surface area contributed by atoms with Crippen LogP contribution in [0.3, 0.4) is 0 Å². The number of rotatable bonds is 3. The van der Waals surface area contributed by atoms with Crippen LogP contribution in [0, 0.1) is 11.8 Å². The third kappa shape index (κ3) is 2.46. The van der Waals surface area contributed by atoms with Gasteiger partial charge in [-0.2, -0.15) is 0 Å². The molecule has 0 spiro atoms. The molecule has 2 aromatic rings. The zero-order valence-corrected chi connectivity index (χ0v) is 15.9. The fourth-order valence-electron chi connectivity index (χ4n) is 5.16. The number of carbonyl (C=O) groups is 3. The molecule has 2 aromatic carbocycles. The van der Waals surface area contributed by atoms with Gasteiger partial charge in [0.15, 0.2) is 5.78 Å². The Morgan fingerprint density at radius 3 is 2.46 bits per heavy atom. The van der Waals surface area contributed by atoms with Crippen molar-refractivity contribution in [2.45, 2.75) is 24.9 Å². The largest absolute Gasteiger partial charge is 0.292 e. The molecule has 28 heavy (non-hydrogen) atoms. The molecule has 4 atom stereocenters. The zero-order chi connectivity index (χ0) is 19.4. The molecule has 6 heteroatoms. The Morgan fingerprint density at radius 1 is 0.964 bits per heavy atom. The lowest BCUT2D eigenvalue weighted by Crippen LogP contribution is -2.46. The maximum absolute atomic E-state index is 13.4. The average molecular weight is 395 g/mol. The van der Waals surface area contributed by atoms with Crippen molar-refractivity contribution in [2.75, 3.05) is 11.4 Å². The molecule has 3 fully saturated rings. The highest BCUT2D eigenvalue weighted by molar-refractivity contribution is 6.31. The summed E-state index contributed by atoms with van der Waals surface area (Å²) >= 11 is 6.08. The molecule has 0 radical (unpaired) electrons. The predicted octanol–water partition coefficient (Wildman–Crippen LogP) is 3.18. The molecule has 0 N–H and O–H groups in total. The van der Waals surface area contributed by atoms with E-state index in [4.69, 9.17) is 11.6 Å². The SMILES string of the molecule is O=C(c1ccccc1)[C@@H]1[C@@H]2C(=O)N(c3cccc(Cl)c3)C(=O)[C@@H]2[C@H]2CCCN21. The van der Waals surface area contributed by atoms with E-state index in [9.17, 15) is 14.4 Å². The van der Waals surface area contributed by atoms with Crippen LogP contribution in [0.15, 0.2) is 54.6 Å². The van der Waals surface area contributed by atoms with Gasteiger partial charge < -0.3 is 0 Å². The highest BCUT2D eigenvalue weighted by atomic mass is 35.5. The number of carbonyl (C=O) groups excluding carboxylic acids is 3. The van der Waals surface area contributed by atoms with E-state index in [2.05, 4.69) is 4.90 Å². The van der Waals surface area contributed by atoms with Gasteiger partial charge >= 0.3 is 0 Å². The van der Waals surface area contributed by atoms with Gasteiger partial charge in [0.1, 0.15) is 0 Å². The fraction of sp³-hybridized carbons (Fsp3) is 0.318. The van der Waals surface area contributed by atoms with E-state index in [0.717, 1.165) is 19.4 Å². The summed E-state index contributed by atoms with van der Waals surface area (Å²) in [7, 11) is 0. The van der Waals surface area contributed by atoms with E-state index in [1.54, 1.807) is 36.4 Å². The Bertz CT molecular complexity index is 977. The van der Waals surface area contributed by atoms with Crippen LogP contribution in [0.2, 0.25) is 5.02 Å². The van der Waals surface area contributed by atoms with Gasteiger partial charge in [-0.3, -0.25) is 19.3 Å². The summed E-state index contributed by atoms with van der Waals surface area (Å²) in [5.41, 5.74) is 1.06. The predicted molar refractivity (Wildman–Crippen MR) is 105 cm³/mol.